The maximum Gasteiger partial charge on any atom is 0.0586 e. The van der Waals surface area contributed by atoms with E-state index in [4.69, 9.17) is 0 Å². The molecule has 3 aliphatic rings. The third-order valence-corrected chi connectivity index (χ3v) is 6.50. The molecule has 0 radical (unpaired) electrons. The van der Waals surface area contributed by atoms with Crippen LogP contribution in [-0.4, -0.2) is 61.4 Å². The van der Waals surface area contributed by atoms with Crippen molar-refractivity contribution in [3.63, 3.8) is 0 Å². The molecule has 1 atom stereocenters. The van der Waals surface area contributed by atoms with Gasteiger partial charge in [0.1, 0.15) is 0 Å². The average molecular weight is 309 g/mol. The van der Waals surface area contributed by atoms with Gasteiger partial charge in [0.2, 0.25) is 0 Å². The Morgan fingerprint density at radius 1 is 1.05 bits per heavy atom. The number of rotatable bonds is 5. The van der Waals surface area contributed by atoms with E-state index in [9.17, 15) is 5.11 Å². The molecule has 0 aromatic rings. The van der Waals surface area contributed by atoms with Crippen molar-refractivity contribution in [2.24, 2.45) is 5.41 Å². The summed E-state index contributed by atoms with van der Waals surface area (Å²) >= 11 is 0. The summed E-state index contributed by atoms with van der Waals surface area (Å²) in [6.45, 7) is 6.17. The fourth-order valence-electron chi connectivity index (χ4n) is 4.86. The Balaban J connectivity index is 1.34. The summed E-state index contributed by atoms with van der Waals surface area (Å²) < 4.78 is 0. The van der Waals surface area contributed by atoms with E-state index in [1.807, 2.05) is 0 Å². The Kier molecular flexibility index (Phi) is 6.14. The van der Waals surface area contributed by atoms with Crippen LogP contribution in [0.4, 0.5) is 0 Å². The summed E-state index contributed by atoms with van der Waals surface area (Å²) in [6.07, 6.45) is 12.1. The predicted octanol–water partition coefficient (Wildman–Crippen LogP) is 1.74. The Bertz CT molecular complexity index is 320. The highest BCUT2D eigenvalue weighted by Gasteiger charge is 2.35. The topological polar surface area (TPSA) is 47.5 Å². The summed E-state index contributed by atoms with van der Waals surface area (Å²) in [6, 6.07) is 1.15. The molecule has 2 heterocycles. The lowest BCUT2D eigenvalue weighted by Crippen LogP contribution is -2.47. The zero-order chi connectivity index (χ0) is 15.3. The molecule has 4 heteroatoms. The van der Waals surface area contributed by atoms with Crippen LogP contribution in [0.1, 0.15) is 57.8 Å². The van der Waals surface area contributed by atoms with Crippen LogP contribution in [0, 0.1) is 5.41 Å². The van der Waals surface area contributed by atoms with Gasteiger partial charge in [-0.15, -0.1) is 0 Å². The van der Waals surface area contributed by atoms with E-state index in [1.54, 1.807) is 0 Å². The first-order chi connectivity index (χ1) is 10.8. The highest BCUT2D eigenvalue weighted by molar-refractivity contribution is 4.91. The van der Waals surface area contributed by atoms with Gasteiger partial charge in [0.25, 0.3) is 0 Å². The van der Waals surface area contributed by atoms with Crippen molar-refractivity contribution in [3.05, 3.63) is 0 Å². The van der Waals surface area contributed by atoms with Gasteiger partial charge < -0.3 is 15.7 Å². The highest BCUT2D eigenvalue weighted by Crippen LogP contribution is 2.43. The van der Waals surface area contributed by atoms with Crippen molar-refractivity contribution in [1.29, 1.82) is 0 Å². The molecule has 0 bridgehead atoms. The molecule has 1 spiro atoms. The van der Waals surface area contributed by atoms with Crippen LogP contribution in [-0.2, 0) is 0 Å². The Morgan fingerprint density at radius 2 is 1.82 bits per heavy atom. The fraction of sp³-hybridized carbons (Fsp3) is 1.00. The van der Waals surface area contributed by atoms with Crippen LogP contribution in [0.15, 0.2) is 0 Å². The van der Waals surface area contributed by atoms with Gasteiger partial charge in [0.15, 0.2) is 0 Å². The molecule has 128 valence electrons. The van der Waals surface area contributed by atoms with Crippen molar-refractivity contribution >= 4 is 0 Å². The smallest absolute Gasteiger partial charge is 0.0586 e. The minimum Gasteiger partial charge on any atom is -0.395 e. The van der Waals surface area contributed by atoms with Gasteiger partial charge in [-0.1, -0.05) is 6.42 Å². The molecule has 2 saturated heterocycles. The quantitative estimate of drug-likeness (QED) is 0.724. The van der Waals surface area contributed by atoms with Gasteiger partial charge in [-0.05, 0) is 76.4 Å². The molecule has 1 saturated carbocycles. The number of piperidine rings is 2. The lowest BCUT2D eigenvalue weighted by atomic mass is 9.67. The number of hydrogen-bond acceptors (Lipinski definition) is 4. The minimum atomic E-state index is 0.333. The summed E-state index contributed by atoms with van der Waals surface area (Å²) in [5, 5.41) is 16.8. The van der Waals surface area contributed by atoms with E-state index in [2.05, 4.69) is 15.5 Å². The molecule has 1 aliphatic carbocycles. The average Bonchev–Trinajstić information content (AvgIpc) is 2.58. The number of nitrogens with zero attached hydrogens (tertiary/aromatic N) is 1. The summed E-state index contributed by atoms with van der Waals surface area (Å²) in [7, 11) is 0. The molecule has 4 nitrogen and oxygen atoms in total. The maximum absolute atomic E-state index is 9.48. The van der Waals surface area contributed by atoms with Crippen molar-refractivity contribution in [1.82, 2.24) is 15.5 Å². The van der Waals surface area contributed by atoms with Gasteiger partial charge in [0.05, 0.1) is 6.61 Å². The number of hydrogen-bond donors (Lipinski definition) is 3. The monoisotopic (exact) mass is 309 g/mol. The number of nitrogens with one attached hydrogen (secondary N) is 2. The van der Waals surface area contributed by atoms with Gasteiger partial charge in [-0.2, -0.15) is 0 Å². The zero-order valence-electron chi connectivity index (χ0n) is 14.2. The molecule has 0 aromatic heterocycles. The Morgan fingerprint density at radius 3 is 2.55 bits per heavy atom. The maximum atomic E-state index is 9.48. The van der Waals surface area contributed by atoms with Crippen molar-refractivity contribution in [3.8, 4) is 0 Å². The number of likely N-dealkylation sites (tertiary alicyclic amines) is 1. The van der Waals surface area contributed by atoms with Gasteiger partial charge in [-0.25, -0.2) is 0 Å². The molecule has 2 aliphatic heterocycles. The Labute approximate surface area is 136 Å². The number of aliphatic hydroxyl groups is 1. The molecule has 0 amide bonds. The molecule has 3 fully saturated rings. The van der Waals surface area contributed by atoms with Crippen LogP contribution in [0.3, 0.4) is 0 Å². The van der Waals surface area contributed by atoms with Crippen molar-refractivity contribution in [2.45, 2.75) is 69.9 Å². The molecule has 1 unspecified atom stereocenters. The largest absolute Gasteiger partial charge is 0.395 e. The zero-order valence-corrected chi connectivity index (χ0v) is 14.2. The highest BCUT2D eigenvalue weighted by atomic mass is 16.3. The van der Waals surface area contributed by atoms with E-state index >= 15 is 0 Å². The van der Waals surface area contributed by atoms with E-state index in [-0.39, 0.29) is 0 Å². The second-order valence-corrected chi connectivity index (χ2v) is 7.85. The first-order valence-electron chi connectivity index (χ1n) is 9.60. The summed E-state index contributed by atoms with van der Waals surface area (Å²) in [5.74, 6) is 0. The standard InChI is InChI=1S/C18H35N3O/c22-15-17-3-1-2-13-21(17)14-12-20-16-4-6-18(7-5-16)8-10-19-11-9-18/h16-17,19-20,22H,1-15H2. The van der Waals surface area contributed by atoms with Crippen LogP contribution in [0.2, 0.25) is 0 Å². The molecular weight excluding hydrogens is 274 g/mol. The van der Waals surface area contributed by atoms with E-state index < -0.39 is 0 Å². The Hall–Kier alpha value is -0.160. The third kappa shape index (κ3) is 4.22. The van der Waals surface area contributed by atoms with Crippen LogP contribution >= 0.6 is 0 Å². The van der Waals surface area contributed by atoms with Crippen molar-refractivity contribution < 1.29 is 5.11 Å². The summed E-state index contributed by atoms with van der Waals surface area (Å²) in [5.41, 5.74) is 0.679. The second kappa shape index (κ2) is 8.09. The van der Waals surface area contributed by atoms with E-state index in [1.165, 1.54) is 77.4 Å². The van der Waals surface area contributed by atoms with E-state index in [0.29, 0.717) is 18.1 Å². The third-order valence-electron chi connectivity index (χ3n) is 6.50. The molecule has 3 N–H and O–H groups in total. The van der Waals surface area contributed by atoms with Crippen LogP contribution in [0.25, 0.3) is 0 Å². The molecule has 0 aromatic carbocycles. The van der Waals surface area contributed by atoms with Gasteiger partial charge >= 0.3 is 0 Å². The molecule has 22 heavy (non-hydrogen) atoms. The lowest BCUT2D eigenvalue weighted by molar-refractivity contribution is 0.0859. The van der Waals surface area contributed by atoms with Gasteiger partial charge in [0, 0.05) is 25.2 Å². The number of aliphatic hydroxyl groups excluding tert-OH is 1. The second-order valence-electron chi connectivity index (χ2n) is 7.85. The van der Waals surface area contributed by atoms with Crippen molar-refractivity contribution in [2.75, 3.05) is 39.3 Å². The minimum absolute atomic E-state index is 0.333. The van der Waals surface area contributed by atoms with Gasteiger partial charge in [-0.3, -0.25) is 4.90 Å². The molecule has 3 rings (SSSR count). The SMILES string of the molecule is OCC1CCCCN1CCNC1CCC2(CCNCC2)CC1. The lowest BCUT2D eigenvalue weighted by Gasteiger charge is -2.43. The molecular formula is C18H35N3O. The predicted molar refractivity (Wildman–Crippen MR) is 91.1 cm³/mol. The normalized spacial score (nSPS) is 30.7. The first kappa shape index (κ1) is 16.7. The fourth-order valence-corrected chi connectivity index (χ4v) is 4.86. The van der Waals surface area contributed by atoms with Crippen LogP contribution in [0.5, 0.6) is 0 Å². The van der Waals surface area contributed by atoms with E-state index in [0.717, 1.165) is 19.1 Å². The summed E-state index contributed by atoms with van der Waals surface area (Å²) in [4.78, 5) is 2.49. The van der Waals surface area contributed by atoms with Crippen LogP contribution < -0.4 is 10.6 Å². The first-order valence-corrected chi connectivity index (χ1v) is 9.60.